The van der Waals surface area contributed by atoms with Crippen molar-refractivity contribution in [2.45, 2.75) is 32.6 Å². The lowest BCUT2D eigenvalue weighted by Gasteiger charge is -2.16. The lowest BCUT2D eigenvalue weighted by molar-refractivity contribution is 0.461. The highest BCUT2D eigenvalue weighted by molar-refractivity contribution is 6.31. The maximum atomic E-state index is 6.28. The fourth-order valence-corrected chi connectivity index (χ4v) is 2.43. The van der Waals surface area contributed by atoms with Crippen molar-refractivity contribution in [3.8, 4) is 11.6 Å². The van der Waals surface area contributed by atoms with Gasteiger partial charge in [-0.2, -0.15) is 0 Å². The van der Waals surface area contributed by atoms with Crippen LogP contribution in [-0.2, 0) is 0 Å². The Kier molecular flexibility index (Phi) is 4.80. The van der Waals surface area contributed by atoms with Gasteiger partial charge >= 0.3 is 0 Å². The SMILES string of the molecule is CCC(CC)c1cc(Oc2ccccn2)ccc1Cl. The molecule has 0 fully saturated rings. The smallest absolute Gasteiger partial charge is 0.219 e. The number of rotatable bonds is 5. The zero-order chi connectivity index (χ0) is 13.7. The highest BCUT2D eigenvalue weighted by Gasteiger charge is 2.12. The summed E-state index contributed by atoms with van der Waals surface area (Å²) in [5.41, 5.74) is 1.15. The van der Waals surface area contributed by atoms with Crippen LogP contribution in [0.4, 0.5) is 0 Å². The first-order valence-corrected chi connectivity index (χ1v) is 7.00. The van der Waals surface area contributed by atoms with Crippen LogP contribution in [0.5, 0.6) is 11.6 Å². The van der Waals surface area contributed by atoms with E-state index in [1.165, 1.54) is 0 Å². The van der Waals surface area contributed by atoms with Crippen molar-refractivity contribution in [3.05, 3.63) is 53.2 Å². The van der Waals surface area contributed by atoms with Crippen LogP contribution in [-0.4, -0.2) is 4.98 Å². The van der Waals surface area contributed by atoms with Gasteiger partial charge in [-0.05, 0) is 48.6 Å². The highest BCUT2D eigenvalue weighted by Crippen LogP contribution is 2.33. The number of aromatic nitrogens is 1. The molecule has 100 valence electrons. The van der Waals surface area contributed by atoms with E-state index in [-0.39, 0.29) is 0 Å². The van der Waals surface area contributed by atoms with E-state index in [1.807, 2.05) is 36.4 Å². The van der Waals surface area contributed by atoms with Gasteiger partial charge in [-0.3, -0.25) is 0 Å². The molecule has 19 heavy (non-hydrogen) atoms. The molecule has 0 unspecified atom stereocenters. The number of ether oxygens (including phenoxy) is 1. The van der Waals surface area contributed by atoms with Crippen LogP contribution in [0.1, 0.15) is 38.2 Å². The van der Waals surface area contributed by atoms with Crippen molar-refractivity contribution in [1.29, 1.82) is 0 Å². The number of benzene rings is 1. The standard InChI is InChI=1S/C16H18ClNO/c1-3-12(4-2)14-11-13(8-9-15(14)17)19-16-7-5-6-10-18-16/h5-12H,3-4H2,1-2H3. The van der Waals surface area contributed by atoms with Crippen LogP contribution in [0.25, 0.3) is 0 Å². The van der Waals surface area contributed by atoms with Gasteiger partial charge in [0.15, 0.2) is 0 Å². The summed E-state index contributed by atoms with van der Waals surface area (Å²) in [5.74, 6) is 1.85. The van der Waals surface area contributed by atoms with Crippen molar-refractivity contribution in [2.75, 3.05) is 0 Å². The van der Waals surface area contributed by atoms with E-state index < -0.39 is 0 Å². The molecule has 0 radical (unpaired) electrons. The van der Waals surface area contributed by atoms with Crippen molar-refractivity contribution in [3.63, 3.8) is 0 Å². The molecule has 1 aromatic carbocycles. The Morgan fingerprint density at radius 1 is 1.16 bits per heavy atom. The van der Waals surface area contributed by atoms with Gasteiger partial charge in [0.25, 0.3) is 0 Å². The molecular weight excluding hydrogens is 258 g/mol. The zero-order valence-corrected chi connectivity index (χ0v) is 12.0. The van der Waals surface area contributed by atoms with E-state index in [0.29, 0.717) is 11.8 Å². The molecule has 0 saturated heterocycles. The lowest BCUT2D eigenvalue weighted by atomic mass is 9.94. The quantitative estimate of drug-likeness (QED) is 0.726. The summed E-state index contributed by atoms with van der Waals surface area (Å²) >= 11 is 6.28. The van der Waals surface area contributed by atoms with Gasteiger partial charge in [-0.1, -0.05) is 31.5 Å². The first-order chi connectivity index (χ1) is 9.24. The molecule has 1 aromatic heterocycles. The van der Waals surface area contributed by atoms with Gasteiger partial charge in [0.05, 0.1) is 0 Å². The Hall–Kier alpha value is -1.54. The molecule has 2 nitrogen and oxygen atoms in total. The molecule has 0 aliphatic rings. The monoisotopic (exact) mass is 275 g/mol. The van der Waals surface area contributed by atoms with E-state index in [1.54, 1.807) is 6.20 Å². The van der Waals surface area contributed by atoms with Crippen LogP contribution < -0.4 is 4.74 Å². The van der Waals surface area contributed by atoms with Crippen molar-refractivity contribution in [1.82, 2.24) is 4.98 Å². The Balaban J connectivity index is 2.26. The van der Waals surface area contributed by atoms with Crippen LogP contribution in [0.3, 0.4) is 0 Å². The van der Waals surface area contributed by atoms with Crippen molar-refractivity contribution in [2.24, 2.45) is 0 Å². The topological polar surface area (TPSA) is 22.1 Å². The predicted molar refractivity (Wildman–Crippen MR) is 79.1 cm³/mol. The number of pyridine rings is 1. The molecule has 3 heteroatoms. The second kappa shape index (κ2) is 6.58. The summed E-state index contributed by atoms with van der Waals surface area (Å²) in [5, 5.41) is 0.807. The maximum absolute atomic E-state index is 6.28. The second-order valence-corrected chi connectivity index (χ2v) is 4.87. The lowest BCUT2D eigenvalue weighted by Crippen LogP contribution is -1.97. The van der Waals surface area contributed by atoms with Crippen LogP contribution in [0.2, 0.25) is 5.02 Å². The van der Waals surface area contributed by atoms with Gasteiger partial charge in [0, 0.05) is 17.3 Å². The summed E-state index contributed by atoms with van der Waals surface area (Å²) in [6.07, 6.45) is 3.86. The molecule has 2 aromatic rings. The van der Waals surface area contributed by atoms with E-state index in [9.17, 15) is 0 Å². The molecule has 0 amide bonds. The molecular formula is C16H18ClNO. The first-order valence-electron chi connectivity index (χ1n) is 6.63. The van der Waals surface area contributed by atoms with E-state index >= 15 is 0 Å². The normalized spacial score (nSPS) is 10.7. The van der Waals surface area contributed by atoms with Gasteiger partial charge < -0.3 is 4.74 Å². The number of halogens is 1. The highest BCUT2D eigenvalue weighted by atomic mass is 35.5. The van der Waals surface area contributed by atoms with E-state index in [0.717, 1.165) is 29.2 Å². The minimum atomic E-state index is 0.472. The molecule has 0 bridgehead atoms. The molecule has 0 atom stereocenters. The number of hydrogen-bond acceptors (Lipinski definition) is 2. The van der Waals surface area contributed by atoms with Crippen molar-refractivity contribution >= 4 is 11.6 Å². The molecule has 1 heterocycles. The predicted octanol–water partition coefficient (Wildman–Crippen LogP) is 5.43. The molecule has 0 spiro atoms. The summed E-state index contributed by atoms with van der Waals surface area (Å²) in [6.45, 7) is 4.35. The molecule has 0 aliphatic carbocycles. The summed E-state index contributed by atoms with van der Waals surface area (Å²) < 4.78 is 5.74. The zero-order valence-electron chi connectivity index (χ0n) is 11.3. The van der Waals surface area contributed by atoms with E-state index in [2.05, 4.69) is 18.8 Å². The molecule has 0 saturated carbocycles. The fraction of sp³-hybridized carbons (Fsp3) is 0.312. The van der Waals surface area contributed by atoms with Gasteiger partial charge in [0.2, 0.25) is 5.88 Å². The number of nitrogens with zero attached hydrogens (tertiary/aromatic N) is 1. The fourth-order valence-electron chi connectivity index (χ4n) is 2.15. The molecule has 0 N–H and O–H groups in total. The largest absolute Gasteiger partial charge is 0.439 e. The van der Waals surface area contributed by atoms with Gasteiger partial charge in [-0.15, -0.1) is 0 Å². The van der Waals surface area contributed by atoms with Gasteiger partial charge in [-0.25, -0.2) is 4.98 Å². The summed E-state index contributed by atoms with van der Waals surface area (Å²) in [6, 6.07) is 11.4. The first kappa shape index (κ1) is 13.9. The Bertz CT molecular complexity index is 524. The minimum absolute atomic E-state index is 0.472. The average Bonchev–Trinajstić information content (AvgIpc) is 2.45. The Morgan fingerprint density at radius 3 is 2.58 bits per heavy atom. The second-order valence-electron chi connectivity index (χ2n) is 4.47. The average molecular weight is 276 g/mol. The molecule has 2 rings (SSSR count). The Morgan fingerprint density at radius 2 is 1.95 bits per heavy atom. The summed E-state index contributed by atoms with van der Waals surface area (Å²) in [4.78, 5) is 4.16. The van der Waals surface area contributed by atoms with Gasteiger partial charge in [0.1, 0.15) is 5.75 Å². The Labute approximate surface area is 119 Å². The van der Waals surface area contributed by atoms with Crippen LogP contribution in [0, 0.1) is 0 Å². The third kappa shape index (κ3) is 3.48. The van der Waals surface area contributed by atoms with Crippen molar-refractivity contribution < 1.29 is 4.74 Å². The van der Waals surface area contributed by atoms with Crippen LogP contribution in [0.15, 0.2) is 42.6 Å². The van der Waals surface area contributed by atoms with Crippen LogP contribution >= 0.6 is 11.6 Å². The summed E-state index contributed by atoms with van der Waals surface area (Å²) in [7, 11) is 0. The maximum Gasteiger partial charge on any atom is 0.219 e. The van der Waals surface area contributed by atoms with E-state index in [4.69, 9.17) is 16.3 Å². The number of hydrogen-bond donors (Lipinski definition) is 0. The third-order valence-corrected chi connectivity index (χ3v) is 3.60. The minimum Gasteiger partial charge on any atom is -0.439 e. The molecule has 0 aliphatic heterocycles. The third-order valence-electron chi connectivity index (χ3n) is 3.25.